The fraction of sp³-hybridized carbons (Fsp3) is 0.333. The van der Waals surface area contributed by atoms with Gasteiger partial charge >= 0.3 is 0 Å². The molecule has 1 aromatic carbocycles. The Hall–Kier alpha value is -1.70. The summed E-state index contributed by atoms with van der Waals surface area (Å²) >= 11 is 1.31. The van der Waals surface area contributed by atoms with Crippen molar-refractivity contribution < 1.29 is 13.9 Å². The molecule has 1 aliphatic heterocycles. The molecule has 2 N–H and O–H groups in total. The Morgan fingerprint density at radius 3 is 3.04 bits per heavy atom. The molecule has 2 aromatic rings. The summed E-state index contributed by atoms with van der Waals surface area (Å²) in [4.78, 5) is 16.4. The van der Waals surface area contributed by atoms with Crippen LogP contribution in [0.25, 0.3) is 11.3 Å². The number of hydrogen-bond donors (Lipinski definition) is 2. The van der Waals surface area contributed by atoms with Crippen molar-refractivity contribution in [2.24, 2.45) is 0 Å². The van der Waals surface area contributed by atoms with Gasteiger partial charge in [-0.05, 0) is 37.6 Å². The number of thiazole rings is 1. The Bertz CT molecular complexity index is 689. The van der Waals surface area contributed by atoms with Crippen molar-refractivity contribution in [1.29, 1.82) is 0 Å². The Labute approximate surface area is 143 Å². The second kappa shape index (κ2) is 7.72. The molecule has 23 heavy (non-hydrogen) atoms. The number of anilines is 1. The molecule has 1 saturated heterocycles. The van der Waals surface area contributed by atoms with E-state index in [1.807, 2.05) is 0 Å². The van der Waals surface area contributed by atoms with Crippen LogP contribution in [0.3, 0.4) is 0 Å². The van der Waals surface area contributed by atoms with E-state index in [0.29, 0.717) is 22.1 Å². The molecule has 2 heterocycles. The molecule has 1 amide bonds. The van der Waals surface area contributed by atoms with E-state index in [4.69, 9.17) is 4.74 Å². The van der Waals surface area contributed by atoms with E-state index in [-0.39, 0.29) is 30.2 Å². The lowest BCUT2D eigenvalue weighted by atomic mass is 10.1. The highest BCUT2D eigenvalue weighted by molar-refractivity contribution is 7.14. The number of amides is 1. The minimum Gasteiger partial charge on any atom is -0.496 e. The van der Waals surface area contributed by atoms with Gasteiger partial charge in [-0.3, -0.25) is 4.79 Å². The maximum Gasteiger partial charge on any atom is 0.243 e. The Kier molecular flexibility index (Phi) is 5.92. The number of methoxy groups -OCH3 is 1. The van der Waals surface area contributed by atoms with Crippen LogP contribution in [0.5, 0.6) is 5.75 Å². The molecule has 3 rings (SSSR count). The van der Waals surface area contributed by atoms with Gasteiger partial charge in [0.25, 0.3) is 0 Å². The van der Waals surface area contributed by atoms with E-state index in [9.17, 15) is 9.18 Å². The van der Waals surface area contributed by atoms with Crippen LogP contribution in [0.2, 0.25) is 0 Å². The van der Waals surface area contributed by atoms with Gasteiger partial charge in [0, 0.05) is 10.9 Å². The number of nitrogens with one attached hydrogen (secondary N) is 2. The number of carbonyl (C=O) groups excluding carboxylic acids is 1. The molecular formula is C15H17ClFN3O2S. The van der Waals surface area contributed by atoms with Crippen LogP contribution >= 0.6 is 23.7 Å². The molecule has 124 valence electrons. The van der Waals surface area contributed by atoms with E-state index in [0.717, 1.165) is 19.4 Å². The van der Waals surface area contributed by atoms with Crippen LogP contribution in [0.1, 0.15) is 12.8 Å². The Morgan fingerprint density at radius 1 is 1.52 bits per heavy atom. The Morgan fingerprint density at radius 2 is 2.35 bits per heavy atom. The van der Waals surface area contributed by atoms with Crippen LogP contribution < -0.4 is 15.4 Å². The molecule has 0 aliphatic carbocycles. The third-order valence-corrected chi connectivity index (χ3v) is 4.31. The lowest BCUT2D eigenvalue weighted by molar-refractivity contribution is -0.117. The minimum absolute atomic E-state index is 0. The van der Waals surface area contributed by atoms with Gasteiger partial charge in [0.1, 0.15) is 11.6 Å². The standard InChI is InChI=1S/C15H16FN3O2S.ClH/c1-21-13-5-4-9(16)7-10(13)12-8-22-15(18-12)19-14(20)11-3-2-6-17-11;/h4-5,7-8,11,17H,2-3,6H2,1H3,(H,18,19,20);1H. The lowest BCUT2D eigenvalue weighted by Gasteiger charge is -2.08. The quantitative estimate of drug-likeness (QED) is 0.882. The average molecular weight is 358 g/mol. The van der Waals surface area contributed by atoms with Gasteiger partial charge in [-0.25, -0.2) is 9.37 Å². The summed E-state index contributed by atoms with van der Waals surface area (Å²) in [5.74, 6) is 0.108. The first-order valence-electron chi connectivity index (χ1n) is 7.01. The largest absolute Gasteiger partial charge is 0.496 e. The number of aromatic nitrogens is 1. The second-order valence-corrected chi connectivity index (χ2v) is 5.88. The van der Waals surface area contributed by atoms with Crippen molar-refractivity contribution >= 4 is 34.8 Å². The molecule has 1 fully saturated rings. The van der Waals surface area contributed by atoms with Gasteiger partial charge in [0.15, 0.2) is 5.13 Å². The third kappa shape index (κ3) is 3.99. The summed E-state index contributed by atoms with van der Waals surface area (Å²) in [5.41, 5.74) is 1.15. The highest BCUT2D eigenvalue weighted by Gasteiger charge is 2.23. The third-order valence-electron chi connectivity index (χ3n) is 3.55. The highest BCUT2D eigenvalue weighted by Crippen LogP contribution is 2.32. The van der Waals surface area contributed by atoms with Gasteiger partial charge in [-0.1, -0.05) is 0 Å². The van der Waals surface area contributed by atoms with Gasteiger partial charge < -0.3 is 15.4 Å². The summed E-state index contributed by atoms with van der Waals surface area (Å²) in [6, 6.07) is 4.11. The topological polar surface area (TPSA) is 63.2 Å². The maximum atomic E-state index is 13.4. The summed E-state index contributed by atoms with van der Waals surface area (Å²) in [5, 5.41) is 8.21. The van der Waals surface area contributed by atoms with Crippen molar-refractivity contribution in [2.75, 3.05) is 19.0 Å². The fourth-order valence-electron chi connectivity index (χ4n) is 2.44. The van der Waals surface area contributed by atoms with Gasteiger partial charge in [-0.2, -0.15) is 0 Å². The number of hydrogen-bond acceptors (Lipinski definition) is 5. The fourth-order valence-corrected chi connectivity index (χ4v) is 3.15. The number of halogens is 2. The van der Waals surface area contributed by atoms with Gasteiger partial charge in [0.05, 0.1) is 18.8 Å². The molecular weight excluding hydrogens is 341 g/mol. The predicted molar refractivity (Wildman–Crippen MR) is 91.0 cm³/mol. The van der Waals surface area contributed by atoms with E-state index >= 15 is 0 Å². The minimum atomic E-state index is -0.357. The summed E-state index contributed by atoms with van der Waals surface area (Å²) in [6.45, 7) is 0.863. The zero-order valence-electron chi connectivity index (χ0n) is 12.5. The van der Waals surface area contributed by atoms with E-state index in [1.54, 1.807) is 11.4 Å². The lowest BCUT2D eigenvalue weighted by Crippen LogP contribution is -2.35. The molecule has 5 nitrogen and oxygen atoms in total. The van der Waals surface area contributed by atoms with E-state index < -0.39 is 0 Å². The number of benzene rings is 1. The Balaban J connectivity index is 0.00000192. The van der Waals surface area contributed by atoms with Crippen molar-refractivity contribution in [1.82, 2.24) is 10.3 Å². The molecule has 1 aromatic heterocycles. The first kappa shape index (κ1) is 17.7. The summed E-state index contributed by atoms with van der Waals surface area (Å²) < 4.78 is 18.7. The molecule has 0 radical (unpaired) electrons. The van der Waals surface area contributed by atoms with Crippen LogP contribution in [0.4, 0.5) is 9.52 Å². The normalized spacial score (nSPS) is 16.7. The van der Waals surface area contributed by atoms with Gasteiger partial charge in [0.2, 0.25) is 5.91 Å². The molecule has 1 atom stereocenters. The molecule has 1 aliphatic rings. The first-order chi connectivity index (χ1) is 10.7. The first-order valence-corrected chi connectivity index (χ1v) is 7.89. The SMILES string of the molecule is COc1ccc(F)cc1-c1csc(NC(=O)C2CCCN2)n1.Cl. The van der Waals surface area contributed by atoms with Crippen molar-refractivity contribution in [2.45, 2.75) is 18.9 Å². The van der Waals surface area contributed by atoms with Crippen molar-refractivity contribution in [3.05, 3.63) is 29.4 Å². The van der Waals surface area contributed by atoms with Crippen LogP contribution in [0, 0.1) is 5.82 Å². The van der Waals surface area contributed by atoms with E-state index in [1.165, 1.54) is 30.6 Å². The molecule has 1 unspecified atom stereocenters. The maximum absolute atomic E-state index is 13.4. The van der Waals surface area contributed by atoms with Crippen LogP contribution in [-0.4, -0.2) is 30.6 Å². The smallest absolute Gasteiger partial charge is 0.243 e. The number of nitrogens with zero attached hydrogens (tertiary/aromatic N) is 1. The zero-order valence-corrected chi connectivity index (χ0v) is 14.1. The summed E-state index contributed by atoms with van der Waals surface area (Å²) in [6.07, 6.45) is 1.84. The monoisotopic (exact) mass is 357 g/mol. The molecule has 0 saturated carbocycles. The zero-order chi connectivity index (χ0) is 15.5. The summed E-state index contributed by atoms with van der Waals surface area (Å²) in [7, 11) is 1.53. The average Bonchev–Trinajstić information content (AvgIpc) is 3.18. The van der Waals surface area contributed by atoms with Crippen molar-refractivity contribution in [3.8, 4) is 17.0 Å². The second-order valence-electron chi connectivity index (χ2n) is 5.02. The number of ether oxygens (including phenoxy) is 1. The predicted octanol–water partition coefficient (Wildman–Crippen LogP) is 3.07. The van der Waals surface area contributed by atoms with E-state index in [2.05, 4.69) is 15.6 Å². The molecule has 0 spiro atoms. The van der Waals surface area contributed by atoms with Gasteiger partial charge in [-0.15, -0.1) is 23.7 Å². The molecule has 8 heteroatoms. The van der Waals surface area contributed by atoms with Crippen LogP contribution in [-0.2, 0) is 4.79 Å². The van der Waals surface area contributed by atoms with Crippen LogP contribution in [0.15, 0.2) is 23.6 Å². The number of carbonyl (C=O) groups is 1. The van der Waals surface area contributed by atoms with Crippen molar-refractivity contribution in [3.63, 3.8) is 0 Å². The highest BCUT2D eigenvalue weighted by atomic mass is 35.5. The molecule has 0 bridgehead atoms. The number of rotatable bonds is 4.